The third kappa shape index (κ3) is 7.47. The van der Waals surface area contributed by atoms with Crippen molar-refractivity contribution in [1.29, 1.82) is 0 Å². The van der Waals surface area contributed by atoms with E-state index in [1.54, 1.807) is 37.3 Å². The summed E-state index contributed by atoms with van der Waals surface area (Å²) in [6, 6.07) is 9.58. The summed E-state index contributed by atoms with van der Waals surface area (Å²) in [6.45, 7) is 1.89. The second kappa shape index (κ2) is 11.8. The van der Waals surface area contributed by atoms with Crippen LogP contribution in [0.2, 0.25) is 10.0 Å². The first-order valence-corrected chi connectivity index (χ1v) is 9.79. The molecule has 0 spiro atoms. The summed E-state index contributed by atoms with van der Waals surface area (Å²) in [7, 11) is 1.34. The Labute approximate surface area is 188 Å². The molecular weight excluding hydrogens is 447 g/mol. The molecule has 3 N–H and O–H groups in total. The normalized spacial score (nSPS) is 10.5. The minimum atomic E-state index is -0.892. The van der Waals surface area contributed by atoms with E-state index in [1.807, 2.05) is 0 Å². The van der Waals surface area contributed by atoms with Gasteiger partial charge in [-0.2, -0.15) is 5.10 Å². The quantitative estimate of drug-likeness (QED) is 0.314. The van der Waals surface area contributed by atoms with E-state index in [1.165, 1.54) is 19.3 Å². The van der Waals surface area contributed by atoms with Gasteiger partial charge in [0, 0.05) is 12.7 Å². The van der Waals surface area contributed by atoms with Crippen molar-refractivity contribution < 1.29 is 23.9 Å². The molecule has 0 radical (unpaired) electrons. The number of hydrogen-bond donors (Lipinski definition) is 3. The van der Waals surface area contributed by atoms with E-state index in [-0.39, 0.29) is 6.61 Å². The third-order valence-corrected chi connectivity index (χ3v) is 4.38. The highest BCUT2D eigenvalue weighted by atomic mass is 35.5. The van der Waals surface area contributed by atoms with Crippen molar-refractivity contribution in [3.63, 3.8) is 0 Å². The number of likely N-dealkylation sites (N-methyl/N-ethyl adjacent to an activating group) is 1. The zero-order valence-corrected chi connectivity index (χ0v) is 18.2. The van der Waals surface area contributed by atoms with Crippen LogP contribution in [0.3, 0.4) is 0 Å². The second-order valence-electron chi connectivity index (χ2n) is 5.88. The number of benzene rings is 2. The number of anilines is 1. The van der Waals surface area contributed by atoms with Crippen molar-refractivity contribution in [2.45, 2.75) is 6.92 Å². The maximum absolute atomic E-state index is 12.2. The van der Waals surface area contributed by atoms with Crippen LogP contribution in [0.5, 0.6) is 11.5 Å². The summed E-state index contributed by atoms with van der Waals surface area (Å²) in [6.07, 6.45) is 1.34. The number of halogens is 2. The van der Waals surface area contributed by atoms with E-state index in [9.17, 15) is 14.4 Å². The molecule has 2 rings (SSSR count). The van der Waals surface area contributed by atoms with E-state index in [0.717, 1.165) is 0 Å². The van der Waals surface area contributed by atoms with Crippen LogP contribution in [0.15, 0.2) is 41.5 Å². The van der Waals surface area contributed by atoms with Crippen LogP contribution in [0.1, 0.15) is 12.5 Å². The van der Waals surface area contributed by atoms with Crippen molar-refractivity contribution in [1.82, 2.24) is 10.7 Å². The van der Waals surface area contributed by atoms with Gasteiger partial charge in [-0.25, -0.2) is 5.43 Å². The lowest BCUT2D eigenvalue weighted by Gasteiger charge is -2.13. The van der Waals surface area contributed by atoms with E-state index in [0.29, 0.717) is 39.4 Å². The SMILES string of the molecule is CCOc1cc(/C=N\NC(=O)C(=O)NC)ccc1OCC(=O)Nc1ccc(Cl)c(Cl)c1. The number of nitrogens with zero attached hydrogens (tertiary/aromatic N) is 1. The Bertz CT molecular complexity index is 998. The molecule has 2 aromatic rings. The molecule has 0 aliphatic heterocycles. The van der Waals surface area contributed by atoms with Gasteiger partial charge in [0.1, 0.15) is 0 Å². The maximum Gasteiger partial charge on any atom is 0.329 e. The summed E-state index contributed by atoms with van der Waals surface area (Å²) < 4.78 is 11.1. The fourth-order valence-corrected chi connectivity index (χ4v) is 2.53. The molecule has 0 aliphatic carbocycles. The van der Waals surface area contributed by atoms with Gasteiger partial charge >= 0.3 is 11.8 Å². The van der Waals surface area contributed by atoms with Gasteiger partial charge in [0.05, 0.1) is 22.9 Å². The Morgan fingerprint density at radius 3 is 2.45 bits per heavy atom. The minimum Gasteiger partial charge on any atom is -0.490 e. The van der Waals surface area contributed by atoms with Gasteiger partial charge in [-0.1, -0.05) is 23.2 Å². The molecule has 0 fully saturated rings. The first-order chi connectivity index (χ1) is 14.8. The summed E-state index contributed by atoms with van der Waals surface area (Å²) in [5.41, 5.74) is 3.16. The Hall–Kier alpha value is -3.30. The second-order valence-corrected chi connectivity index (χ2v) is 6.70. The van der Waals surface area contributed by atoms with E-state index in [4.69, 9.17) is 32.7 Å². The molecule has 0 unspecified atom stereocenters. The zero-order chi connectivity index (χ0) is 22.8. The highest BCUT2D eigenvalue weighted by molar-refractivity contribution is 6.42. The average molecular weight is 467 g/mol. The molecule has 0 saturated heterocycles. The molecule has 31 heavy (non-hydrogen) atoms. The minimum absolute atomic E-state index is 0.268. The molecule has 0 aliphatic rings. The van der Waals surface area contributed by atoms with Crippen LogP contribution in [-0.4, -0.2) is 44.2 Å². The molecule has 3 amide bonds. The number of hydrogen-bond acceptors (Lipinski definition) is 6. The molecule has 9 nitrogen and oxygen atoms in total. The van der Waals surface area contributed by atoms with E-state index < -0.39 is 17.7 Å². The average Bonchev–Trinajstić information content (AvgIpc) is 2.75. The fraction of sp³-hybridized carbons (Fsp3) is 0.200. The van der Waals surface area contributed by atoms with Crippen LogP contribution in [0.4, 0.5) is 5.69 Å². The fourth-order valence-electron chi connectivity index (χ4n) is 2.24. The number of nitrogens with one attached hydrogen (secondary N) is 3. The van der Waals surface area contributed by atoms with Crippen molar-refractivity contribution in [2.75, 3.05) is 25.6 Å². The van der Waals surface area contributed by atoms with Crippen LogP contribution in [0.25, 0.3) is 0 Å². The third-order valence-electron chi connectivity index (χ3n) is 3.64. The van der Waals surface area contributed by atoms with Gasteiger partial charge in [-0.3, -0.25) is 14.4 Å². The topological polar surface area (TPSA) is 118 Å². The molecule has 2 aromatic carbocycles. The highest BCUT2D eigenvalue weighted by Gasteiger charge is 2.11. The lowest BCUT2D eigenvalue weighted by molar-refractivity contribution is -0.138. The van der Waals surface area contributed by atoms with Gasteiger partial charge in [0.15, 0.2) is 18.1 Å². The number of rotatable bonds is 8. The molecule has 0 atom stereocenters. The number of ether oxygens (including phenoxy) is 2. The Kier molecular flexibility index (Phi) is 9.11. The number of carbonyl (C=O) groups excluding carboxylic acids is 3. The van der Waals surface area contributed by atoms with Crippen molar-refractivity contribution in [2.24, 2.45) is 5.10 Å². The summed E-state index contributed by atoms with van der Waals surface area (Å²) in [5, 5.41) is 9.25. The summed E-state index contributed by atoms with van der Waals surface area (Å²) in [4.78, 5) is 34.7. The van der Waals surface area contributed by atoms with E-state index in [2.05, 4.69) is 21.2 Å². The number of carbonyl (C=O) groups is 3. The highest BCUT2D eigenvalue weighted by Crippen LogP contribution is 2.28. The van der Waals surface area contributed by atoms with Gasteiger partial charge in [0.25, 0.3) is 5.91 Å². The molecule has 0 heterocycles. The molecular formula is C20H20Cl2N4O5. The number of amides is 3. The molecule has 0 bridgehead atoms. The lowest BCUT2D eigenvalue weighted by atomic mass is 10.2. The maximum atomic E-state index is 12.2. The standard InChI is InChI=1S/C20H20Cl2N4O5/c1-3-30-17-8-12(10-24-26-20(29)19(28)23-2)4-7-16(17)31-11-18(27)25-13-5-6-14(21)15(22)9-13/h4-10H,3,11H2,1-2H3,(H,23,28)(H,25,27)(H,26,29)/b24-10-. The summed E-state index contributed by atoms with van der Waals surface area (Å²) >= 11 is 11.8. The van der Waals surface area contributed by atoms with Gasteiger partial charge in [0.2, 0.25) is 0 Å². The van der Waals surface area contributed by atoms with Gasteiger partial charge in [-0.05, 0) is 48.9 Å². The molecule has 0 aromatic heterocycles. The Morgan fingerprint density at radius 2 is 1.77 bits per heavy atom. The smallest absolute Gasteiger partial charge is 0.329 e. The van der Waals surface area contributed by atoms with Crippen LogP contribution < -0.4 is 25.5 Å². The van der Waals surface area contributed by atoms with Crippen molar-refractivity contribution in [3.8, 4) is 11.5 Å². The summed E-state index contributed by atoms with van der Waals surface area (Å²) in [5.74, 6) is -1.38. The van der Waals surface area contributed by atoms with Crippen molar-refractivity contribution >= 4 is 52.8 Å². The molecule has 11 heteroatoms. The first-order valence-electron chi connectivity index (χ1n) is 9.03. The van der Waals surface area contributed by atoms with Gasteiger partial charge in [-0.15, -0.1) is 0 Å². The lowest BCUT2D eigenvalue weighted by Crippen LogP contribution is -2.35. The monoisotopic (exact) mass is 466 g/mol. The van der Waals surface area contributed by atoms with Crippen LogP contribution >= 0.6 is 23.2 Å². The van der Waals surface area contributed by atoms with Crippen LogP contribution in [-0.2, 0) is 14.4 Å². The largest absolute Gasteiger partial charge is 0.490 e. The number of hydrazone groups is 1. The predicted molar refractivity (Wildman–Crippen MR) is 118 cm³/mol. The van der Waals surface area contributed by atoms with Gasteiger partial charge < -0.3 is 20.1 Å². The molecule has 0 saturated carbocycles. The Balaban J connectivity index is 2.00. The molecule has 164 valence electrons. The first kappa shape index (κ1) is 24.0. The van der Waals surface area contributed by atoms with Crippen LogP contribution in [0, 0.1) is 0 Å². The van der Waals surface area contributed by atoms with E-state index >= 15 is 0 Å². The van der Waals surface area contributed by atoms with Crippen molar-refractivity contribution in [3.05, 3.63) is 52.0 Å². The zero-order valence-electron chi connectivity index (χ0n) is 16.7. The Morgan fingerprint density at radius 1 is 1.00 bits per heavy atom. The predicted octanol–water partition coefficient (Wildman–Crippen LogP) is 2.61.